The Balaban J connectivity index is 1.66. The Morgan fingerprint density at radius 1 is 1.14 bits per heavy atom. The van der Waals surface area contributed by atoms with Crippen LogP contribution in [0.25, 0.3) is 11.0 Å². The van der Waals surface area contributed by atoms with Crippen molar-refractivity contribution in [2.45, 2.75) is 6.54 Å². The van der Waals surface area contributed by atoms with Crippen LogP contribution in [0.3, 0.4) is 0 Å². The quantitative estimate of drug-likeness (QED) is 0.453. The molecule has 4 rings (SSSR count). The molecule has 0 fully saturated rings. The molecule has 4 aromatic rings. The molecule has 0 unspecified atom stereocenters. The van der Waals surface area contributed by atoms with E-state index in [2.05, 4.69) is 15.3 Å². The lowest BCUT2D eigenvalue weighted by Crippen LogP contribution is -2.11. The van der Waals surface area contributed by atoms with Gasteiger partial charge in [-0.1, -0.05) is 35.3 Å². The fourth-order valence-electron chi connectivity index (χ4n) is 3.09. The minimum Gasteiger partial charge on any atom is -0.497 e. The highest BCUT2D eigenvalue weighted by Crippen LogP contribution is 2.24. The van der Waals surface area contributed by atoms with E-state index in [-0.39, 0.29) is 16.2 Å². The first kappa shape index (κ1) is 19.2. The molecule has 0 atom stereocenters. The highest BCUT2D eigenvalue weighted by atomic mass is 35.5. The molecule has 3 aromatic heterocycles. The number of nitrogens with one attached hydrogen (secondary N) is 1. The normalized spacial score (nSPS) is 10.9. The summed E-state index contributed by atoms with van der Waals surface area (Å²) in [6.45, 7) is 0.567. The molecule has 6 nitrogen and oxygen atoms in total. The Morgan fingerprint density at radius 3 is 2.55 bits per heavy atom. The van der Waals surface area contributed by atoms with Gasteiger partial charge in [0.2, 0.25) is 0 Å². The van der Waals surface area contributed by atoms with Gasteiger partial charge in [-0.25, -0.2) is 9.97 Å². The van der Waals surface area contributed by atoms with Crippen molar-refractivity contribution >= 4 is 45.8 Å². The van der Waals surface area contributed by atoms with Gasteiger partial charge in [0, 0.05) is 30.0 Å². The minimum atomic E-state index is -0.283. The van der Waals surface area contributed by atoms with Crippen molar-refractivity contribution in [3.63, 3.8) is 0 Å². The number of halogens is 2. The summed E-state index contributed by atoms with van der Waals surface area (Å²) in [5.74, 6) is 0.508. The van der Waals surface area contributed by atoms with Crippen LogP contribution in [0, 0.1) is 0 Å². The molecule has 1 N–H and O–H groups in total. The smallest absolute Gasteiger partial charge is 0.257 e. The van der Waals surface area contributed by atoms with E-state index in [0.29, 0.717) is 17.8 Å². The molecule has 29 heavy (non-hydrogen) atoms. The van der Waals surface area contributed by atoms with Crippen LogP contribution < -0.4 is 10.1 Å². The summed E-state index contributed by atoms with van der Waals surface area (Å²) in [6, 6.07) is 14.5. The number of hydrogen-bond donors (Lipinski definition) is 1. The van der Waals surface area contributed by atoms with Gasteiger partial charge in [0.25, 0.3) is 5.91 Å². The Morgan fingerprint density at radius 2 is 1.86 bits per heavy atom. The molecule has 3 heterocycles. The van der Waals surface area contributed by atoms with Gasteiger partial charge in [0.1, 0.15) is 21.7 Å². The molecule has 1 aromatic carbocycles. The molecule has 0 aliphatic rings. The van der Waals surface area contributed by atoms with Gasteiger partial charge in [0.05, 0.1) is 12.7 Å². The Kier molecular flexibility index (Phi) is 5.38. The average Bonchev–Trinajstić information content (AvgIpc) is 3.06. The summed E-state index contributed by atoms with van der Waals surface area (Å²) in [4.78, 5) is 21.3. The zero-order valence-corrected chi connectivity index (χ0v) is 16.9. The number of anilines is 1. The summed E-state index contributed by atoms with van der Waals surface area (Å²) in [6.07, 6.45) is 3.50. The third-order valence-corrected chi connectivity index (χ3v) is 4.80. The van der Waals surface area contributed by atoms with Crippen LogP contribution in [0.1, 0.15) is 15.9 Å². The lowest BCUT2D eigenvalue weighted by molar-refractivity contribution is 0.102. The molecule has 1 amide bonds. The maximum Gasteiger partial charge on any atom is 0.257 e. The third kappa shape index (κ3) is 4.18. The maximum atomic E-state index is 12.9. The molecule has 8 heteroatoms. The number of rotatable bonds is 5. The van der Waals surface area contributed by atoms with E-state index >= 15 is 0 Å². The molecule has 0 saturated heterocycles. The number of nitrogens with zero attached hydrogens (tertiary/aromatic N) is 3. The van der Waals surface area contributed by atoms with Crippen molar-refractivity contribution in [2.75, 3.05) is 12.4 Å². The van der Waals surface area contributed by atoms with Crippen LogP contribution in [0.5, 0.6) is 5.75 Å². The van der Waals surface area contributed by atoms with E-state index in [9.17, 15) is 4.79 Å². The number of ether oxygens (including phenoxy) is 1. The predicted octanol–water partition coefficient (Wildman–Crippen LogP) is 5.05. The first-order valence-corrected chi connectivity index (χ1v) is 9.50. The van der Waals surface area contributed by atoms with Crippen LogP contribution in [-0.2, 0) is 6.54 Å². The number of amides is 1. The zero-order valence-electron chi connectivity index (χ0n) is 15.4. The number of hydrogen-bond acceptors (Lipinski definition) is 4. The average molecular weight is 427 g/mol. The lowest BCUT2D eigenvalue weighted by atomic mass is 10.2. The summed E-state index contributed by atoms with van der Waals surface area (Å²) in [5.41, 5.74) is 2.76. The molecule has 0 spiro atoms. The number of fused-ring (bicyclic) bond motifs is 1. The van der Waals surface area contributed by atoms with Crippen LogP contribution in [0.15, 0.2) is 60.9 Å². The fraction of sp³-hybridized carbons (Fsp3) is 0.0952. The summed E-state index contributed by atoms with van der Waals surface area (Å²) >= 11 is 11.8. The van der Waals surface area contributed by atoms with Crippen molar-refractivity contribution < 1.29 is 9.53 Å². The first-order valence-electron chi connectivity index (χ1n) is 8.75. The van der Waals surface area contributed by atoms with Gasteiger partial charge in [-0.15, -0.1) is 0 Å². The van der Waals surface area contributed by atoms with E-state index in [1.54, 1.807) is 37.7 Å². The van der Waals surface area contributed by atoms with E-state index in [1.807, 2.05) is 34.9 Å². The summed E-state index contributed by atoms with van der Waals surface area (Å²) < 4.78 is 7.15. The number of pyridine rings is 2. The summed E-state index contributed by atoms with van der Waals surface area (Å²) in [7, 11) is 1.63. The Hall–Kier alpha value is -3.09. The lowest BCUT2D eigenvalue weighted by Gasteiger charge is -2.06. The van der Waals surface area contributed by atoms with E-state index < -0.39 is 0 Å². The third-order valence-electron chi connectivity index (χ3n) is 4.41. The number of carbonyl (C=O) groups is 1. The van der Waals surface area contributed by atoms with Gasteiger partial charge in [0.15, 0.2) is 0 Å². The standard InChI is InChI=1S/C21H16Cl2N4O2/c1-29-15-6-4-13(5-7-15)11-27-12-17(16-3-2-8-24-20(16)27)21(28)25-14-9-18(22)26-19(23)10-14/h2-10,12H,11H2,1H3,(H,25,26,28). The van der Waals surface area contributed by atoms with Crippen LogP contribution in [0.2, 0.25) is 10.3 Å². The van der Waals surface area contributed by atoms with E-state index in [1.165, 1.54) is 0 Å². The molecule has 0 aliphatic heterocycles. The predicted molar refractivity (Wildman–Crippen MR) is 114 cm³/mol. The van der Waals surface area contributed by atoms with Crippen LogP contribution in [0.4, 0.5) is 5.69 Å². The molecule has 0 bridgehead atoms. The maximum absolute atomic E-state index is 12.9. The largest absolute Gasteiger partial charge is 0.497 e. The topological polar surface area (TPSA) is 69.0 Å². The van der Waals surface area contributed by atoms with Crippen molar-refractivity contribution in [3.8, 4) is 5.75 Å². The second-order valence-electron chi connectivity index (χ2n) is 6.35. The minimum absolute atomic E-state index is 0.205. The number of methoxy groups -OCH3 is 1. The second-order valence-corrected chi connectivity index (χ2v) is 7.12. The van der Waals surface area contributed by atoms with Crippen molar-refractivity contribution in [1.29, 1.82) is 0 Å². The van der Waals surface area contributed by atoms with Crippen molar-refractivity contribution in [1.82, 2.24) is 14.5 Å². The van der Waals surface area contributed by atoms with Crippen LogP contribution in [-0.4, -0.2) is 27.6 Å². The molecule has 0 aliphatic carbocycles. The van der Waals surface area contributed by atoms with E-state index in [0.717, 1.165) is 22.3 Å². The fourth-order valence-corrected chi connectivity index (χ4v) is 3.55. The molecule has 146 valence electrons. The van der Waals surface area contributed by atoms with Crippen molar-refractivity contribution in [2.24, 2.45) is 0 Å². The Labute approximate surface area is 177 Å². The second kappa shape index (κ2) is 8.11. The highest BCUT2D eigenvalue weighted by molar-refractivity contribution is 6.33. The first-order chi connectivity index (χ1) is 14.0. The van der Waals surface area contributed by atoms with Gasteiger partial charge in [-0.05, 0) is 42.0 Å². The molecule has 0 radical (unpaired) electrons. The van der Waals surface area contributed by atoms with Gasteiger partial charge >= 0.3 is 0 Å². The van der Waals surface area contributed by atoms with E-state index in [4.69, 9.17) is 27.9 Å². The highest BCUT2D eigenvalue weighted by Gasteiger charge is 2.17. The monoisotopic (exact) mass is 426 g/mol. The van der Waals surface area contributed by atoms with Gasteiger partial charge in [-0.3, -0.25) is 4.79 Å². The van der Waals surface area contributed by atoms with Gasteiger partial charge in [-0.2, -0.15) is 0 Å². The SMILES string of the molecule is COc1ccc(Cn2cc(C(=O)Nc3cc(Cl)nc(Cl)c3)c3cccnc32)cc1. The molecular formula is C21H16Cl2N4O2. The van der Waals surface area contributed by atoms with Gasteiger partial charge < -0.3 is 14.6 Å². The van der Waals surface area contributed by atoms with Crippen LogP contribution >= 0.6 is 23.2 Å². The Bertz CT molecular complexity index is 1170. The molecule has 0 saturated carbocycles. The van der Waals surface area contributed by atoms with Crippen molar-refractivity contribution in [3.05, 3.63) is 82.4 Å². The zero-order chi connectivity index (χ0) is 20.4. The number of carbonyl (C=O) groups excluding carboxylic acids is 1. The molecular weight excluding hydrogens is 411 g/mol. The summed E-state index contributed by atoms with van der Waals surface area (Å²) in [5, 5.41) is 3.98. The number of benzene rings is 1. The number of aromatic nitrogens is 3.